The van der Waals surface area contributed by atoms with Gasteiger partial charge in [-0.3, -0.25) is 38.4 Å². The normalized spacial score (nSPS) is 23.5. The lowest BCUT2D eigenvalue weighted by Crippen LogP contribution is -2.59. The minimum atomic E-state index is -1.64. The Labute approximate surface area is 320 Å². The number of hydrogen-bond acceptors (Lipinski definition) is 11. The van der Waals surface area contributed by atoms with Gasteiger partial charge < -0.3 is 53.0 Å². The van der Waals surface area contributed by atoms with E-state index < -0.39 is 90.5 Å². The van der Waals surface area contributed by atoms with Crippen LogP contribution in [0.25, 0.3) is 10.9 Å². The molecule has 1 aliphatic heterocycles. The highest BCUT2D eigenvalue weighted by Crippen LogP contribution is 2.23. The summed E-state index contributed by atoms with van der Waals surface area (Å²) in [6.45, 7) is 2.55. The van der Waals surface area contributed by atoms with E-state index in [-0.39, 0.29) is 30.9 Å². The maximum Gasteiger partial charge on any atom is 0.305 e. The van der Waals surface area contributed by atoms with E-state index in [2.05, 4.69) is 31.6 Å². The number of amides is 7. The van der Waals surface area contributed by atoms with Crippen LogP contribution < -0.4 is 38.1 Å². The second-order valence-corrected chi connectivity index (χ2v) is 15.3. The largest absolute Gasteiger partial charge is 0.481 e. The summed E-state index contributed by atoms with van der Waals surface area (Å²) in [6, 6.07) is 1.27. The Balaban J connectivity index is 1.89. The fraction of sp³-hybridized carbons (Fsp3) is 0.529. The first-order valence-electron chi connectivity index (χ1n) is 17.5. The van der Waals surface area contributed by atoms with Gasteiger partial charge in [-0.15, -0.1) is 0 Å². The lowest BCUT2D eigenvalue weighted by Gasteiger charge is -2.32. The first-order chi connectivity index (χ1) is 25.7. The molecule has 0 bridgehead atoms. The first-order valence-corrected chi connectivity index (χ1v) is 20.0. The number of rotatable bonds is 10. The number of aliphatic carboxylic acids is 1. The SMILES string of the molecule is CC1NC(=O)C(CC(=O)O)NC(=O)CNC(=O)C(CCCCN)NC(=O)CCSSCC(C(N)=O)NC(=O)C(C)N(CCc2c[nH]c3ccccc23)C1=O. The Morgan fingerprint density at radius 2 is 1.63 bits per heavy atom. The molecule has 5 atom stereocenters. The number of nitrogens with one attached hydrogen (secondary N) is 6. The van der Waals surface area contributed by atoms with Crippen LogP contribution in [0.3, 0.4) is 0 Å². The highest BCUT2D eigenvalue weighted by atomic mass is 33.1. The molecule has 2 aromatic rings. The lowest BCUT2D eigenvalue weighted by molar-refractivity contribution is -0.144. The van der Waals surface area contributed by atoms with E-state index in [1.807, 2.05) is 24.3 Å². The smallest absolute Gasteiger partial charge is 0.305 e. The van der Waals surface area contributed by atoms with E-state index in [9.17, 15) is 43.5 Å². The summed E-state index contributed by atoms with van der Waals surface area (Å²) in [5, 5.41) is 22.8. The molecule has 0 aliphatic carbocycles. The number of aromatic amines is 1. The van der Waals surface area contributed by atoms with Crippen LogP contribution in [-0.2, 0) is 44.8 Å². The van der Waals surface area contributed by atoms with Crippen LogP contribution in [0.5, 0.6) is 0 Å². The molecule has 1 aliphatic rings. The minimum Gasteiger partial charge on any atom is -0.481 e. The second kappa shape index (κ2) is 21.8. The lowest BCUT2D eigenvalue weighted by atomic mass is 10.1. The first kappa shape index (κ1) is 43.6. The Kier molecular flexibility index (Phi) is 17.6. The van der Waals surface area contributed by atoms with Crippen molar-refractivity contribution in [2.75, 3.05) is 31.1 Å². The maximum absolute atomic E-state index is 14.0. The molecule has 54 heavy (non-hydrogen) atoms. The third-order valence-electron chi connectivity index (χ3n) is 8.60. The highest BCUT2D eigenvalue weighted by Gasteiger charge is 2.34. The third kappa shape index (κ3) is 13.5. The van der Waals surface area contributed by atoms with Gasteiger partial charge in [-0.1, -0.05) is 39.8 Å². The Hall–Kier alpha value is -4.82. The molecule has 18 nitrogen and oxygen atoms in total. The predicted octanol–water partition coefficient (Wildman–Crippen LogP) is -1.12. The van der Waals surface area contributed by atoms with Crippen LogP contribution in [0, 0.1) is 0 Å². The quantitative estimate of drug-likeness (QED) is 0.102. The number of nitrogens with zero attached hydrogens (tertiary/aromatic N) is 1. The van der Waals surface area contributed by atoms with Crippen molar-refractivity contribution in [3.8, 4) is 0 Å². The third-order valence-corrected chi connectivity index (χ3v) is 11.0. The Morgan fingerprint density at radius 1 is 0.907 bits per heavy atom. The van der Waals surface area contributed by atoms with E-state index >= 15 is 0 Å². The Bertz CT molecular complexity index is 1670. The van der Waals surface area contributed by atoms with Crippen molar-refractivity contribution in [2.45, 2.75) is 82.6 Å². The Morgan fingerprint density at radius 3 is 2.33 bits per heavy atom. The number of aromatic nitrogens is 1. The number of hydrogen-bond donors (Lipinski definition) is 9. The van der Waals surface area contributed by atoms with Crippen molar-refractivity contribution in [3.05, 3.63) is 36.0 Å². The molecule has 296 valence electrons. The number of primary amides is 1. The molecule has 1 aromatic carbocycles. The molecule has 0 spiro atoms. The van der Waals surface area contributed by atoms with E-state index in [0.29, 0.717) is 25.8 Å². The van der Waals surface area contributed by atoms with Gasteiger partial charge in [-0.25, -0.2) is 0 Å². The van der Waals surface area contributed by atoms with Gasteiger partial charge in [-0.05, 0) is 57.7 Å². The number of benzene rings is 1. The number of H-pyrrole nitrogens is 1. The van der Waals surface area contributed by atoms with Crippen molar-refractivity contribution in [1.82, 2.24) is 36.5 Å². The number of carboxylic acid groups (broad SMARTS) is 1. The zero-order valence-corrected chi connectivity index (χ0v) is 31.8. The van der Waals surface area contributed by atoms with Crippen molar-refractivity contribution < 1.29 is 43.5 Å². The molecule has 1 fully saturated rings. The van der Waals surface area contributed by atoms with E-state index in [1.165, 1.54) is 40.3 Å². The van der Waals surface area contributed by atoms with Crippen LogP contribution in [0.15, 0.2) is 30.5 Å². The maximum atomic E-state index is 14.0. The molecule has 20 heteroatoms. The van der Waals surface area contributed by atoms with Crippen LogP contribution in [0.4, 0.5) is 0 Å². The number of nitrogens with two attached hydrogens (primary N) is 2. The van der Waals surface area contributed by atoms with Crippen LogP contribution in [0.2, 0.25) is 0 Å². The van der Waals surface area contributed by atoms with E-state index in [0.717, 1.165) is 16.5 Å². The van der Waals surface area contributed by atoms with Gasteiger partial charge in [0.2, 0.25) is 41.4 Å². The van der Waals surface area contributed by atoms with Crippen molar-refractivity contribution in [1.29, 1.82) is 0 Å². The topological polar surface area (TPSA) is 288 Å². The van der Waals surface area contributed by atoms with Crippen molar-refractivity contribution in [2.24, 2.45) is 11.5 Å². The second-order valence-electron chi connectivity index (χ2n) is 12.7. The van der Waals surface area contributed by atoms with Gasteiger partial charge in [0, 0.05) is 41.6 Å². The molecule has 1 aromatic heterocycles. The molecular weight excluding hydrogens is 743 g/mol. The monoisotopic (exact) mass is 791 g/mol. The zero-order chi connectivity index (χ0) is 39.8. The van der Waals surface area contributed by atoms with Crippen molar-refractivity contribution in [3.63, 3.8) is 0 Å². The summed E-state index contributed by atoms with van der Waals surface area (Å²) in [7, 11) is 2.45. The summed E-state index contributed by atoms with van der Waals surface area (Å²) < 4.78 is 0. The predicted molar refractivity (Wildman–Crippen MR) is 203 cm³/mol. The summed E-state index contributed by atoms with van der Waals surface area (Å²) in [5.41, 5.74) is 12.9. The average Bonchev–Trinajstić information content (AvgIpc) is 3.54. The molecular formula is C34H49N9O9S2. The number of carbonyl (C=O) groups is 8. The number of para-hydroxylation sites is 1. The van der Waals surface area contributed by atoms with E-state index in [4.69, 9.17) is 11.5 Å². The van der Waals surface area contributed by atoms with Gasteiger partial charge in [0.05, 0.1) is 13.0 Å². The van der Waals surface area contributed by atoms with Crippen molar-refractivity contribution >= 4 is 79.8 Å². The number of unbranched alkanes of at least 4 members (excludes halogenated alkanes) is 1. The summed E-state index contributed by atoms with van der Waals surface area (Å²) in [4.78, 5) is 108. The molecule has 1 saturated heterocycles. The fourth-order valence-corrected chi connectivity index (χ4v) is 7.75. The van der Waals surface area contributed by atoms with Crippen LogP contribution >= 0.6 is 21.6 Å². The molecule has 0 saturated carbocycles. The minimum absolute atomic E-state index is 0.00111. The summed E-state index contributed by atoms with van der Waals surface area (Å²) in [5.74, 6) is -6.31. The average molecular weight is 792 g/mol. The number of carboxylic acids is 1. The van der Waals surface area contributed by atoms with Gasteiger partial charge in [0.1, 0.15) is 30.2 Å². The standard InChI is InChI=1S/C34H49N9O9S2/c1-19-34(52)43(13-10-21-16-37-23-8-4-3-7-22(21)23)20(2)31(49)42-26(30(36)48)18-54-53-14-11-27(44)40-24(9-5-6-12-35)32(50)38-17-28(45)41-25(15-29(46)47)33(51)39-19/h3-4,7-8,16,19-20,24-26,37H,5-6,9-15,17-18,35H2,1-2H3,(H2,36,48)(H,38,50)(H,39,51)(H,40,44)(H,41,45)(H,42,49)(H,46,47). The fourth-order valence-electron chi connectivity index (χ4n) is 5.58. The molecule has 11 N–H and O–H groups in total. The van der Waals surface area contributed by atoms with Crippen LogP contribution in [0.1, 0.15) is 51.5 Å². The number of carbonyl (C=O) groups excluding carboxylic acids is 7. The molecule has 0 radical (unpaired) electrons. The van der Waals surface area contributed by atoms with Gasteiger partial charge in [-0.2, -0.15) is 0 Å². The van der Waals surface area contributed by atoms with Gasteiger partial charge >= 0.3 is 5.97 Å². The zero-order valence-electron chi connectivity index (χ0n) is 30.2. The summed E-state index contributed by atoms with van der Waals surface area (Å²) in [6.07, 6.45) is 2.55. The number of fused-ring (bicyclic) bond motifs is 1. The summed E-state index contributed by atoms with van der Waals surface area (Å²) >= 11 is 0. The highest BCUT2D eigenvalue weighted by molar-refractivity contribution is 8.76. The molecule has 5 unspecified atom stereocenters. The van der Waals surface area contributed by atoms with E-state index in [1.54, 1.807) is 6.20 Å². The van der Waals surface area contributed by atoms with Crippen LogP contribution in [-0.4, -0.2) is 124 Å². The van der Waals surface area contributed by atoms with Gasteiger partial charge in [0.25, 0.3) is 0 Å². The molecule has 2 heterocycles. The molecule has 7 amide bonds. The molecule has 3 rings (SSSR count). The van der Waals surface area contributed by atoms with Gasteiger partial charge in [0.15, 0.2) is 0 Å².